The third-order valence-electron chi connectivity index (χ3n) is 3.34. The van der Waals surface area contributed by atoms with E-state index in [1.165, 1.54) is 44.6 Å². The zero-order valence-electron chi connectivity index (χ0n) is 13.5. The number of hydrogen-bond acceptors (Lipinski definition) is 5. The zero-order valence-corrected chi connectivity index (χ0v) is 15.0. The number of rotatable bonds is 7. The van der Waals surface area contributed by atoms with Crippen molar-refractivity contribution in [2.24, 2.45) is 0 Å². The Morgan fingerprint density at radius 3 is 2.32 bits per heavy atom. The summed E-state index contributed by atoms with van der Waals surface area (Å²) in [6.07, 6.45) is 0. The van der Waals surface area contributed by atoms with Gasteiger partial charge in [-0.1, -0.05) is 23.7 Å². The number of nitrogens with zero attached hydrogens (tertiary/aromatic N) is 1. The lowest BCUT2D eigenvalue weighted by Crippen LogP contribution is -2.36. The molecule has 0 heterocycles. The van der Waals surface area contributed by atoms with E-state index in [0.29, 0.717) is 5.75 Å². The van der Waals surface area contributed by atoms with Crippen molar-refractivity contribution in [2.45, 2.75) is 4.90 Å². The van der Waals surface area contributed by atoms with Gasteiger partial charge in [-0.25, -0.2) is 8.42 Å². The van der Waals surface area contributed by atoms with Gasteiger partial charge < -0.3 is 14.6 Å². The summed E-state index contributed by atoms with van der Waals surface area (Å²) in [5.74, 6) is -0.758. The molecule has 0 aromatic heterocycles. The van der Waals surface area contributed by atoms with Crippen LogP contribution >= 0.6 is 11.6 Å². The molecule has 0 atom stereocenters. The average molecular weight is 386 g/mol. The number of carboxylic acids is 1. The van der Waals surface area contributed by atoms with Crippen LogP contribution in [-0.4, -0.2) is 40.3 Å². The smallest absolute Gasteiger partial charge is 0.324 e. The Bertz CT molecular complexity index is 884. The van der Waals surface area contributed by atoms with Gasteiger partial charge in [0.1, 0.15) is 6.54 Å². The van der Waals surface area contributed by atoms with Gasteiger partial charge in [-0.3, -0.25) is 9.10 Å². The fourth-order valence-electron chi connectivity index (χ4n) is 2.18. The summed E-state index contributed by atoms with van der Waals surface area (Å²) in [6, 6.07) is 10.1. The number of carboxylic acid groups (broad SMARTS) is 1. The molecule has 0 saturated carbocycles. The van der Waals surface area contributed by atoms with Gasteiger partial charge in [-0.2, -0.15) is 0 Å². The van der Waals surface area contributed by atoms with Crippen molar-refractivity contribution in [3.63, 3.8) is 0 Å². The van der Waals surface area contributed by atoms with Crippen LogP contribution < -0.4 is 13.8 Å². The predicted molar refractivity (Wildman–Crippen MR) is 93.2 cm³/mol. The van der Waals surface area contributed by atoms with Crippen LogP contribution in [0.15, 0.2) is 47.4 Å². The van der Waals surface area contributed by atoms with Crippen LogP contribution in [-0.2, 0) is 14.8 Å². The van der Waals surface area contributed by atoms with Crippen molar-refractivity contribution >= 4 is 33.3 Å². The molecule has 134 valence electrons. The Labute approximate surface area is 150 Å². The number of aliphatic carboxylic acids is 1. The Balaban J connectivity index is 2.60. The first-order chi connectivity index (χ1) is 11.8. The molecule has 0 aliphatic carbocycles. The number of ether oxygens (including phenoxy) is 2. The van der Waals surface area contributed by atoms with E-state index in [4.69, 9.17) is 26.2 Å². The summed E-state index contributed by atoms with van der Waals surface area (Å²) in [4.78, 5) is 11.1. The first-order valence-electron chi connectivity index (χ1n) is 7.02. The first-order valence-corrected chi connectivity index (χ1v) is 8.84. The maximum atomic E-state index is 13.0. The molecule has 0 amide bonds. The fourth-order valence-corrected chi connectivity index (χ4v) is 3.92. The molecule has 0 radical (unpaired) electrons. The Kier molecular flexibility index (Phi) is 5.76. The molecule has 2 aromatic carbocycles. The largest absolute Gasteiger partial charge is 0.493 e. The zero-order chi connectivity index (χ0) is 18.6. The Morgan fingerprint density at radius 1 is 1.12 bits per heavy atom. The number of benzene rings is 2. The summed E-state index contributed by atoms with van der Waals surface area (Å²) in [7, 11) is -1.40. The molecule has 2 aromatic rings. The topological polar surface area (TPSA) is 93.1 Å². The SMILES string of the molecule is COc1ccc(S(=O)(=O)N(CC(=O)O)c2ccccc2Cl)cc1OC. The van der Waals surface area contributed by atoms with Crippen LogP contribution in [0.2, 0.25) is 5.02 Å². The van der Waals surface area contributed by atoms with Crippen molar-refractivity contribution < 1.29 is 27.8 Å². The monoisotopic (exact) mass is 385 g/mol. The molecule has 0 saturated heterocycles. The molecular formula is C16H16ClNO6S. The van der Waals surface area contributed by atoms with Crippen LogP contribution in [0.25, 0.3) is 0 Å². The standard InChI is InChI=1S/C16H16ClNO6S/c1-23-14-8-7-11(9-15(14)24-2)25(21,22)18(10-16(19)20)13-6-4-3-5-12(13)17/h3-9H,10H2,1-2H3,(H,19,20). The molecule has 0 fully saturated rings. The highest BCUT2D eigenvalue weighted by molar-refractivity contribution is 7.92. The number of halogens is 1. The summed E-state index contributed by atoms with van der Waals surface area (Å²) in [5.41, 5.74) is 0.0707. The number of para-hydroxylation sites is 1. The highest BCUT2D eigenvalue weighted by atomic mass is 35.5. The van der Waals surface area contributed by atoms with Crippen LogP contribution in [0.3, 0.4) is 0 Å². The molecule has 0 bridgehead atoms. The van der Waals surface area contributed by atoms with E-state index in [1.807, 2.05) is 0 Å². The summed E-state index contributed by atoms with van der Waals surface area (Å²) in [5, 5.41) is 9.25. The molecule has 0 aliphatic rings. The second-order valence-corrected chi connectivity index (χ2v) is 7.14. The molecular weight excluding hydrogens is 370 g/mol. The quantitative estimate of drug-likeness (QED) is 0.787. The van der Waals surface area contributed by atoms with Crippen molar-refractivity contribution in [3.05, 3.63) is 47.5 Å². The maximum absolute atomic E-state index is 13.0. The molecule has 0 aliphatic heterocycles. The van der Waals surface area contributed by atoms with E-state index in [9.17, 15) is 13.2 Å². The maximum Gasteiger partial charge on any atom is 0.324 e. The number of carbonyl (C=O) groups is 1. The van der Waals surface area contributed by atoms with E-state index >= 15 is 0 Å². The second kappa shape index (κ2) is 7.62. The third kappa shape index (κ3) is 3.97. The first kappa shape index (κ1) is 18.9. The van der Waals surface area contributed by atoms with Gasteiger partial charge in [0.25, 0.3) is 10.0 Å². The summed E-state index contributed by atoms with van der Waals surface area (Å²) in [6.45, 7) is -0.777. The lowest BCUT2D eigenvalue weighted by molar-refractivity contribution is -0.135. The lowest BCUT2D eigenvalue weighted by atomic mass is 10.3. The van der Waals surface area contributed by atoms with Gasteiger partial charge in [0.2, 0.25) is 0 Å². The van der Waals surface area contributed by atoms with Gasteiger partial charge in [-0.15, -0.1) is 0 Å². The Morgan fingerprint density at radius 2 is 1.76 bits per heavy atom. The van der Waals surface area contributed by atoms with Crippen LogP contribution in [0, 0.1) is 0 Å². The minimum atomic E-state index is -4.20. The molecule has 0 unspecified atom stereocenters. The number of hydrogen-bond donors (Lipinski definition) is 1. The molecule has 25 heavy (non-hydrogen) atoms. The van der Waals surface area contributed by atoms with Crippen LogP contribution in [0.1, 0.15) is 0 Å². The van der Waals surface area contributed by atoms with Gasteiger partial charge in [0.05, 0.1) is 29.8 Å². The van der Waals surface area contributed by atoms with Crippen molar-refractivity contribution in [3.8, 4) is 11.5 Å². The van der Waals surface area contributed by atoms with E-state index < -0.39 is 22.5 Å². The average Bonchev–Trinajstić information content (AvgIpc) is 2.59. The molecule has 9 heteroatoms. The molecule has 0 spiro atoms. The third-order valence-corrected chi connectivity index (χ3v) is 5.42. The summed E-state index contributed by atoms with van der Waals surface area (Å²) < 4.78 is 36.9. The van der Waals surface area contributed by atoms with Gasteiger partial charge >= 0.3 is 5.97 Å². The minimum absolute atomic E-state index is 0.0707. The van der Waals surface area contributed by atoms with Gasteiger partial charge in [0, 0.05) is 6.07 Å². The van der Waals surface area contributed by atoms with E-state index in [0.717, 1.165) is 4.31 Å². The number of anilines is 1. The van der Waals surface area contributed by atoms with E-state index in [1.54, 1.807) is 12.1 Å². The van der Waals surface area contributed by atoms with Crippen molar-refractivity contribution in [1.82, 2.24) is 0 Å². The van der Waals surface area contributed by atoms with E-state index in [-0.39, 0.29) is 21.4 Å². The van der Waals surface area contributed by atoms with Crippen molar-refractivity contribution in [2.75, 3.05) is 25.1 Å². The predicted octanol–water partition coefficient (Wildman–Crippen LogP) is 2.64. The second-order valence-electron chi connectivity index (χ2n) is 4.87. The fraction of sp³-hybridized carbons (Fsp3) is 0.188. The Hall–Kier alpha value is -2.45. The van der Waals surface area contributed by atoms with Crippen LogP contribution in [0.5, 0.6) is 11.5 Å². The van der Waals surface area contributed by atoms with Crippen molar-refractivity contribution in [1.29, 1.82) is 0 Å². The van der Waals surface area contributed by atoms with Gasteiger partial charge in [-0.05, 0) is 24.3 Å². The minimum Gasteiger partial charge on any atom is -0.493 e. The lowest BCUT2D eigenvalue weighted by Gasteiger charge is -2.24. The molecule has 7 nitrogen and oxygen atoms in total. The van der Waals surface area contributed by atoms with Gasteiger partial charge in [0.15, 0.2) is 11.5 Å². The summed E-state index contributed by atoms with van der Waals surface area (Å²) >= 11 is 6.06. The highest BCUT2D eigenvalue weighted by Crippen LogP contribution is 2.34. The van der Waals surface area contributed by atoms with Crippen LogP contribution in [0.4, 0.5) is 5.69 Å². The number of sulfonamides is 1. The molecule has 1 N–H and O–H groups in total. The molecule has 2 rings (SSSR count). The highest BCUT2D eigenvalue weighted by Gasteiger charge is 2.29. The number of methoxy groups -OCH3 is 2. The normalized spacial score (nSPS) is 11.0. The van der Waals surface area contributed by atoms with E-state index in [2.05, 4.69) is 0 Å².